The summed E-state index contributed by atoms with van der Waals surface area (Å²) in [7, 11) is 0. The molecule has 2 rings (SSSR count). The molecule has 0 saturated heterocycles. The minimum Gasteiger partial charge on any atom is -0.504 e. The second-order valence-corrected chi connectivity index (χ2v) is 5.19. The van der Waals surface area contributed by atoms with Crippen LogP contribution in [0.15, 0.2) is 12.1 Å². The monoisotopic (exact) mass is 315 g/mol. The van der Waals surface area contributed by atoms with Crippen molar-refractivity contribution in [2.24, 2.45) is 0 Å². The number of benzene rings is 1. The first kappa shape index (κ1) is 15.3. The fourth-order valence-electron chi connectivity index (χ4n) is 2.52. The lowest BCUT2D eigenvalue weighted by atomic mass is 9.82. The third-order valence-electron chi connectivity index (χ3n) is 3.45. The average Bonchev–Trinajstić information content (AvgIpc) is 2.28. The van der Waals surface area contributed by atoms with Crippen molar-refractivity contribution in [1.29, 1.82) is 0 Å². The molecular formula is C14H22BrNO2. The molecule has 1 unspecified atom stereocenters. The van der Waals surface area contributed by atoms with Gasteiger partial charge in [0.05, 0.1) is 0 Å². The van der Waals surface area contributed by atoms with E-state index in [1.54, 1.807) is 12.1 Å². The van der Waals surface area contributed by atoms with Crippen molar-refractivity contribution in [2.45, 2.75) is 45.1 Å². The van der Waals surface area contributed by atoms with Crippen molar-refractivity contribution in [3.05, 3.63) is 23.3 Å². The summed E-state index contributed by atoms with van der Waals surface area (Å²) < 4.78 is 0. The van der Waals surface area contributed by atoms with Gasteiger partial charge in [0.2, 0.25) is 0 Å². The fourth-order valence-corrected chi connectivity index (χ4v) is 2.52. The molecule has 18 heavy (non-hydrogen) atoms. The lowest BCUT2D eigenvalue weighted by Crippen LogP contribution is -2.29. The maximum Gasteiger partial charge on any atom is 0.157 e. The summed E-state index contributed by atoms with van der Waals surface area (Å²) in [4.78, 5) is 0. The Kier molecular flexibility index (Phi) is 5.47. The van der Waals surface area contributed by atoms with Crippen molar-refractivity contribution >= 4 is 17.0 Å². The van der Waals surface area contributed by atoms with Crippen LogP contribution in [0.3, 0.4) is 0 Å². The molecule has 1 aliphatic rings. The van der Waals surface area contributed by atoms with Gasteiger partial charge in [0, 0.05) is 12.6 Å². The molecule has 0 heterocycles. The van der Waals surface area contributed by atoms with E-state index in [1.807, 2.05) is 0 Å². The summed E-state index contributed by atoms with van der Waals surface area (Å²) in [5, 5.41) is 22.6. The maximum atomic E-state index is 9.60. The summed E-state index contributed by atoms with van der Waals surface area (Å²) in [5.74, 6) is 0.453. The average molecular weight is 316 g/mol. The molecule has 0 fully saturated rings. The summed E-state index contributed by atoms with van der Waals surface area (Å²) in [6.07, 6.45) is 3.31. The van der Waals surface area contributed by atoms with Gasteiger partial charge in [-0.3, -0.25) is 0 Å². The van der Waals surface area contributed by atoms with Crippen LogP contribution in [0.4, 0.5) is 0 Å². The summed E-state index contributed by atoms with van der Waals surface area (Å²) >= 11 is 0. The van der Waals surface area contributed by atoms with Crippen LogP contribution in [0, 0.1) is 0 Å². The first-order chi connectivity index (χ1) is 8.08. The van der Waals surface area contributed by atoms with Gasteiger partial charge in [0.15, 0.2) is 11.5 Å². The van der Waals surface area contributed by atoms with Gasteiger partial charge in [0.1, 0.15) is 0 Å². The van der Waals surface area contributed by atoms with Gasteiger partial charge in [-0.2, -0.15) is 0 Å². The zero-order chi connectivity index (χ0) is 12.4. The second kappa shape index (κ2) is 6.43. The van der Waals surface area contributed by atoms with Crippen molar-refractivity contribution in [3.8, 4) is 11.5 Å². The summed E-state index contributed by atoms with van der Waals surface area (Å²) in [6.45, 7) is 5.21. The predicted octanol–water partition coefficient (Wildman–Crippen LogP) is 3.09. The Morgan fingerprint density at radius 3 is 2.61 bits per heavy atom. The van der Waals surface area contributed by atoms with E-state index < -0.39 is 0 Å². The lowest BCUT2D eigenvalue weighted by Gasteiger charge is -2.27. The molecule has 0 aromatic heterocycles. The van der Waals surface area contributed by atoms with Crippen LogP contribution < -0.4 is 5.32 Å². The standard InChI is InChI=1S/C14H21NO2.BrH/c1-9(2)15-8-11-5-3-4-10-6-13(16)14(17)7-12(10)11;/h6-7,9,11,15-17H,3-5,8H2,1-2H3;1H. The number of hydrogen-bond donors (Lipinski definition) is 3. The van der Waals surface area contributed by atoms with Gasteiger partial charge in [-0.15, -0.1) is 17.0 Å². The molecule has 1 aromatic carbocycles. The van der Waals surface area contributed by atoms with Crippen LogP contribution in [-0.4, -0.2) is 22.8 Å². The number of fused-ring (bicyclic) bond motifs is 1. The van der Waals surface area contributed by atoms with Gasteiger partial charge >= 0.3 is 0 Å². The molecule has 3 nitrogen and oxygen atoms in total. The number of aryl methyl sites for hydroxylation is 1. The number of rotatable bonds is 3. The zero-order valence-electron chi connectivity index (χ0n) is 10.9. The van der Waals surface area contributed by atoms with E-state index >= 15 is 0 Å². The van der Waals surface area contributed by atoms with Crippen molar-refractivity contribution in [2.75, 3.05) is 6.54 Å². The third kappa shape index (κ3) is 3.39. The first-order valence-electron chi connectivity index (χ1n) is 6.36. The van der Waals surface area contributed by atoms with Crippen LogP contribution in [-0.2, 0) is 6.42 Å². The largest absolute Gasteiger partial charge is 0.504 e. The predicted molar refractivity (Wildman–Crippen MR) is 78.9 cm³/mol. The molecular weight excluding hydrogens is 294 g/mol. The topological polar surface area (TPSA) is 52.5 Å². The molecule has 0 bridgehead atoms. The highest BCUT2D eigenvalue weighted by molar-refractivity contribution is 8.93. The van der Waals surface area contributed by atoms with Gasteiger partial charge in [-0.05, 0) is 48.4 Å². The van der Waals surface area contributed by atoms with E-state index in [9.17, 15) is 10.2 Å². The summed E-state index contributed by atoms with van der Waals surface area (Å²) in [6, 6.07) is 3.92. The van der Waals surface area contributed by atoms with Crippen molar-refractivity contribution in [1.82, 2.24) is 5.32 Å². The van der Waals surface area contributed by atoms with E-state index in [1.165, 1.54) is 11.1 Å². The van der Waals surface area contributed by atoms with Crippen LogP contribution >= 0.6 is 17.0 Å². The Hall–Kier alpha value is -0.740. The number of halogens is 1. The molecule has 0 amide bonds. The number of hydrogen-bond acceptors (Lipinski definition) is 3. The second-order valence-electron chi connectivity index (χ2n) is 5.19. The van der Waals surface area contributed by atoms with Crippen LogP contribution in [0.1, 0.15) is 43.7 Å². The Bertz CT molecular complexity index is 407. The molecule has 1 aliphatic carbocycles. The van der Waals surface area contributed by atoms with E-state index in [4.69, 9.17) is 0 Å². The first-order valence-corrected chi connectivity index (χ1v) is 6.36. The van der Waals surface area contributed by atoms with Gasteiger partial charge < -0.3 is 15.5 Å². The van der Waals surface area contributed by atoms with E-state index in [0.29, 0.717) is 12.0 Å². The molecule has 3 N–H and O–H groups in total. The molecule has 0 aliphatic heterocycles. The Morgan fingerprint density at radius 2 is 1.94 bits per heavy atom. The minimum atomic E-state index is 0. The highest BCUT2D eigenvalue weighted by atomic mass is 79.9. The van der Waals surface area contributed by atoms with Gasteiger partial charge in [0.25, 0.3) is 0 Å². The molecule has 0 radical (unpaired) electrons. The van der Waals surface area contributed by atoms with Gasteiger partial charge in [-0.25, -0.2) is 0 Å². The number of phenolic OH excluding ortho intramolecular Hbond substituents is 2. The number of phenols is 2. The third-order valence-corrected chi connectivity index (χ3v) is 3.45. The van der Waals surface area contributed by atoms with Crippen LogP contribution in [0.2, 0.25) is 0 Å². The molecule has 1 aromatic rings. The molecule has 1 atom stereocenters. The maximum absolute atomic E-state index is 9.60. The van der Waals surface area contributed by atoms with E-state index in [2.05, 4.69) is 19.2 Å². The SMILES string of the molecule is Br.CC(C)NCC1CCCc2cc(O)c(O)cc21. The molecule has 0 saturated carbocycles. The van der Waals surface area contributed by atoms with E-state index in [-0.39, 0.29) is 28.5 Å². The zero-order valence-corrected chi connectivity index (χ0v) is 12.7. The van der Waals surface area contributed by atoms with Crippen molar-refractivity contribution in [3.63, 3.8) is 0 Å². The highest BCUT2D eigenvalue weighted by Gasteiger charge is 2.22. The Labute approximate surface area is 119 Å². The number of aromatic hydroxyl groups is 2. The Morgan fingerprint density at radius 1 is 1.28 bits per heavy atom. The molecule has 0 spiro atoms. The Balaban J connectivity index is 0.00000162. The molecule has 4 heteroatoms. The quantitative estimate of drug-likeness (QED) is 0.751. The normalized spacial score (nSPS) is 18.3. The van der Waals surface area contributed by atoms with E-state index in [0.717, 1.165) is 25.8 Å². The highest BCUT2D eigenvalue weighted by Crippen LogP contribution is 2.37. The van der Waals surface area contributed by atoms with Crippen molar-refractivity contribution < 1.29 is 10.2 Å². The van der Waals surface area contributed by atoms with Crippen LogP contribution in [0.25, 0.3) is 0 Å². The summed E-state index contributed by atoms with van der Waals surface area (Å²) in [5.41, 5.74) is 2.38. The minimum absolute atomic E-state index is 0. The smallest absolute Gasteiger partial charge is 0.157 e. The number of nitrogens with one attached hydrogen (secondary N) is 1. The fraction of sp³-hybridized carbons (Fsp3) is 0.571. The van der Waals surface area contributed by atoms with Crippen LogP contribution in [0.5, 0.6) is 11.5 Å². The lowest BCUT2D eigenvalue weighted by molar-refractivity contribution is 0.398. The van der Waals surface area contributed by atoms with Gasteiger partial charge in [-0.1, -0.05) is 13.8 Å². The molecule has 102 valence electrons.